The Bertz CT molecular complexity index is 377. The molecule has 1 aliphatic carbocycles. The first-order valence-corrected chi connectivity index (χ1v) is 7.30. The zero-order chi connectivity index (χ0) is 13.7. The quantitative estimate of drug-likeness (QED) is 0.741. The van der Waals surface area contributed by atoms with Gasteiger partial charge < -0.3 is 14.6 Å². The summed E-state index contributed by atoms with van der Waals surface area (Å²) < 4.78 is 10.6. The van der Waals surface area contributed by atoms with E-state index in [9.17, 15) is 0 Å². The van der Waals surface area contributed by atoms with E-state index < -0.39 is 0 Å². The molecule has 2 atom stereocenters. The van der Waals surface area contributed by atoms with Gasteiger partial charge in [-0.15, -0.1) is 0 Å². The molecule has 0 spiro atoms. The van der Waals surface area contributed by atoms with Crippen molar-refractivity contribution in [2.24, 2.45) is 5.92 Å². The van der Waals surface area contributed by atoms with Gasteiger partial charge in [0, 0.05) is 26.0 Å². The Kier molecular flexibility index (Phi) is 5.34. The summed E-state index contributed by atoms with van der Waals surface area (Å²) in [4.78, 5) is 4.46. The third-order valence-corrected chi connectivity index (χ3v) is 3.62. The molecule has 1 aromatic heterocycles. The van der Waals surface area contributed by atoms with E-state index in [0.717, 1.165) is 37.0 Å². The summed E-state index contributed by atoms with van der Waals surface area (Å²) in [7, 11) is 1.70. The molecule has 1 aromatic rings. The molecule has 5 heteroatoms. The Morgan fingerprint density at radius 2 is 2.21 bits per heavy atom. The molecular formula is C14H25N3O2. The molecule has 0 saturated heterocycles. The van der Waals surface area contributed by atoms with Crippen molar-refractivity contribution >= 4 is 0 Å². The summed E-state index contributed by atoms with van der Waals surface area (Å²) in [5, 5.41) is 7.61. The lowest BCUT2D eigenvalue weighted by atomic mass is 10.1. The van der Waals surface area contributed by atoms with E-state index in [1.807, 2.05) is 6.92 Å². The van der Waals surface area contributed by atoms with Crippen molar-refractivity contribution in [3.8, 4) is 0 Å². The van der Waals surface area contributed by atoms with E-state index in [1.165, 1.54) is 12.8 Å². The molecule has 1 fully saturated rings. The van der Waals surface area contributed by atoms with Crippen LogP contribution in [-0.2, 0) is 17.6 Å². The Hall–Kier alpha value is -0.940. The maximum absolute atomic E-state index is 5.34. The van der Waals surface area contributed by atoms with Gasteiger partial charge in [0.1, 0.15) is 0 Å². The van der Waals surface area contributed by atoms with Crippen molar-refractivity contribution in [3.63, 3.8) is 0 Å². The van der Waals surface area contributed by atoms with Crippen molar-refractivity contribution in [1.82, 2.24) is 15.5 Å². The van der Waals surface area contributed by atoms with E-state index in [0.29, 0.717) is 12.5 Å². The molecule has 0 aliphatic heterocycles. The lowest BCUT2D eigenvalue weighted by Gasteiger charge is -2.15. The average molecular weight is 267 g/mol. The molecule has 1 saturated carbocycles. The Morgan fingerprint density at radius 1 is 1.42 bits per heavy atom. The Morgan fingerprint density at radius 3 is 2.84 bits per heavy atom. The van der Waals surface area contributed by atoms with E-state index in [1.54, 1.807) is 7.11 Å². The molecule has 2 unspecified atom stereocenters. The normalized spacial score (nSPS) is 18.5. The van der Waals surface area contributed by atoms with Crippen LogP contribution in [0.15, 0.2) is 4.52 Å². The van der Waals surface area contributed by atoms with Crippen LogP contribution in [0.3, 0.4) is 0 Å². The lowest BCUT2D eigenvalue weighted by molar-refractivity contribution is 0.116. The highest BCUT2D eigenvalue weighted by atomic mass is 16.5. The molecule has 108 valence electrons. The third-order valence-electron chi connectivity index (χ3n) is 3.62. The first-order chi connectivity index (χ1) is 9.22. The molecule has 0 amide bonds. The number of hydrogen-bond donors (Lipinski definition) is 1. The van der Waals surface area contributed by atoms with Gasteiger partial charge in [0.2, 0.25) is 5.89 Å². The number of hydrogen-bond acceptors (Lipinski definition) is 5. The summed E-state index contributed by atoms with van der Waals surface area (Å²) >= 11 is 0. The molecule has 0 aromatic carbocycles. The van der Waals surface area contributed by atoms with Gasteiger partial charge in [0.15, 0.2) is 5.82 Å². The Labute approximate surface area is 115 Å². The molecule has 1 N–H and O–H groups in total. The maximum atomic E-state index is 5.34. The number of ether oxygens (including phenoxy) is 1. The van der Waals surface area contributed by atoms with Gasteiger partial charge in [-0.1, -0.05) is 12.1 Å². The topological polar surface area (TPSA) is 60.2 Å². The third kappa shape index (κ3) is 4.58. The van der Waals surface area contributed by atoms with E-state index >= 15 is 0 Å². The van der Waals surface area contributed by atoms with Crippen LogP contribution in [0, 0.1) is 5.92 Å². The van der Waals surface area contributed by atoms with Gasteiger partial charge in [0.25, 0.3) is 0 Å². The highest BCUT2D eigenvalue weighted by Crippen LogP contribution is 2.33. The number of aromatic nitrogens is 2. The van der Waals surface area contributed by atoms with Crippen molar-refractivity contribution in [3.05, 3.63) is 11.7 Å². The second-order valence-corrected chi connectivity index (χ2v) is 5.46. The summed E-state index contributed by atoms with van der Waals surface area (Å²) in [6.45, 7) is 5.25. The summed E-state index contributed by atoms with van der Waals surface area (Å²) in [5.41, 5.74) is 0. The summed E-state index contributed by atoms with van der Waals surface area (Å²) in [6, 6.07) is 0.494. The van der Waals surface area contributed by atoms with Crippen LogP contribution in [0.2, 0.25) is 0 Å². The summed E-state index contributed by atoms with van der Waals surface area (Å²) in [5.74, 6) is 2.29. The monoisotopic (exact) mass is 267 g/mol. The van der Waals surface area contributed by atoms with Gasteiger partial charge in [-0.25, -0.2) is 0 Å². The minimum Gasteiger partial charge on any atom is -0.381 e. The first kappa shape index (κ1) is 14.5. The molecule has 19 heavy (non-hydrogen) atoms. The molecule has 1 heterocycles. The molecule has 0 radical (unpaired) electrons. The van der Waals surface area contributed by atoms with Crippen LogP contribution < -0.4 is 5.32 Å². The fraction of sp³-hybridized carbons (Fsp3) is 0.857. The van der Waals surface area contributed by atoms with Crippen molar-refractivity contribution in [2.45, 2.75) is 58.1 Å². The highest BCUT2D eigenvalue weighted by molar-refractivity contribution is 4.95. The van der Waals surface area contributed by atoms with Crippen LogP contribution >= 0.6 is 0 Å². The minimum atomic E-state index is 0.128. The SMILES string of the molecule is CCCNC(Cc1nc(CC(C)OC)no1)C1CC1. The fourth-order valence-corrected chi connectivity index (χ4v) is 2.22. The zero-order valence-corrected chi connectivity index (χ0v) is 12.2. The van der Waals surface area contributed by atoms with E-state index in [-0.39, 0.29) is 6.10 Å². The molecule has 1 aliphatic rings. The van der Waals surface area contributed by atoms with Crippen LogP contribution in [0.25, 0.3) is 0 Å². The van der Waals surface area contributed by atoms with Gasteiger partial charge >= 0.3 is 0 Å². The van der Waals surface area contributed by atoms with E-state index in [2.05, 4.69) is 22.4 Å². The van der Waals surface area contributed by atoms with Crippen molar-refractivity contribution in [2.75, 3.05) is 13.7 Å². The van der Waals surface area contributed by atoms with Crippen LogP contribution in [-0.4, -0.2) is 35.9 Å². The van der Waals surface area contributed by atoms with Crippen LogP contribution in [0.5, 0.6) is 0 Å². The van der Waals surface area contributed by atoms with Crippen LogP contribution in [0.4, 0.5) is 0 Å². The van der Waals surface area contributed by atoms with Gasteiger partial charge in [-0.2, -0.15) is 4.98 Å². The standard InChI is InChI=1S/C14H25N3O2/c1-4-7-15-12(11-5-6-11)9-14-16-13(17-19-14)8-10(2)18-3/h10-12,15H,4-9H2,1-3H3. The second-order valence-electron chi connectivity index (χ2n) is 5.46. The molecule has 2 rings (SSSR count). The van der Waals surface area contributed by atoms with Gasteiger partial charge in [-0.3, -0.25) is 0 Å². The smallest absolute Gasteiger partial charge is 0.228 e. The number of rotatable bonds is 9. The summed E-state index contributed by atoms with van der Waals surface area (Å²) in [6.07, 6.45) is 5.48. The predicted octanol–water partition coefficient (Wildman–Crippen LogP) is 1.97. The van der Waals surface area contributed by atoms with E-state index in [4.69, 9.17) is 9.26 Å². The number of methoxy groups -OCH3 is 1. The number of nitrogens with one attached hydrogen (secondary N) is 1. The minimum absolute atomic E-state index is 0.128. The lowest BCUT2D eigenvalue weighted by Crippen LogP contribution is -2.33. The average Bonchev–Trinajstić information content (AvgIpc) is 3.17. The van der Waals surface area contributed by atoms with Gasteiger partial charge in [0.05, 0.1) is 6.10 Å². The van der Waals surface area contributed by atoms with Crippen molar-refractivity contribution in [1.29, 1.82) is 0 Å². The second kappa shape index (κ2) is 7.01. The van der Waals surface area contributed by atoms with Crippen LogP contribution in [0.1, 0.15) is 44.8 Å². The highest BCUT2D eigenvalue weighted by Gasteiger charge is 2.32. The first-order valence-electron chi connectivity index (χ1n) is 7.30. The molecule has 0 bridgehead atoms. The van der Waals surface area contributed by atoms with Gasteiger partial charge in [-0.05, 0) is 38.6 Å². The number of nitrogens with zero attached hydrogens (tertiary/aromatic N) is 2. The molecular weight excluding hydrogens is 242 g/mol. The van der Waals surface area contributed by atoms with Crippen molar-refractivity contribution < 1.29 is 9.26 Å². The predicted molar refractivity (Wildman–Crippen MR) is 73.0 cm³/mol. The maximum Gasteiger partial charge on any atom is 0.228 e. The molecule has 5 nitrogen and oxygen atoms in total. The fourth-order valence-electron chi connectivity index (χ4n) is 2.22. The zero-order valence-electron chi connectivity index (χ0n) is 12.2. The Balaban J connectivity index is 1.86. The largest absolute Gasteiger partial charge is 0.381 e.